The molecule has 1 aliphatic heterocycles. The van der Waals surface area contributed by atoms with Gasteiger partial charge in [-0.1, -0.05) is 36.7 Å². The normalized spacial score (nSPS) is 23.6. The van der Waals surface area contributed by atoms with Crippen LogP contribution in [0, 0.1) is 0 Å². The first-order valence-corrected chi connectivity index (χ1v) is 6.19. The Bertz CT molecular complexity index is 356. The summed E-state index contributed by atoms with van der Waals surface area (Å²) in [5.74, 6) is 0. The first-order chi connectivity index (χ1) is 7.74. The van der Waals surface area contributed by atoms with Gasteiger partial charge in [-0.2, -0.15) is 0 Å². The number of rotatable bonds is 3. The minimum absolute atomic E-state index is 0.367. The van der Waals surface area contributed by atoms with Crippen molar-refractivity contribution in [2.75, 3.05) is 13.3 Å². The second-order valence-corrected chi connectivity index (χ2v) is 4.72. The van der Waals surface area contributed by atoms with Gasteiger partial charge in [0, 0.05) is 17.1 Å². The van der Waals surface area contributed by atoms with E-state index in [1.165, 1.54) is 5.56 Å². The van der Waals surface area contributed by atoms with E-state index in [0.717, 1.165) is 18.1 Å². The molecule has 0 bridgehead atoms. The predicted molar refractivity (Wildman–Crippen MR) is 66.6 cm³/mol. The van der Waals surface area contributed by atoms with Crippen LogP contribution in [0.5, 0.6) is 0 Å². The predicted octanol–water partition coefficient (Wildman–Crippen LogP) is 3.47. The molecule has 0 amide bonds. The third-order valence-corrected chi connectivity index (χ3v) is 3.56. The van der Waals surface area contributed by atoms with Gasteiger partial charge in [-0.15, -0.1) is 0 Å². The molecule has 0 spiro atoms. The van der Waals surface area contributed by atoms with E-state index in [-0.39, 0.29) is 0 Å². The van der Waals surface area contributed by atoms with Crippen LogP contribution in [0.3, 0.4) is 0 Å². The average Bonchev–Trinajstić information content (AvgIpc) is 2.69. The average molecular weight is 240 g/mol. The summed E-state index contributed by atoms with van der Waals surface area (Å²) in [6.07, 6.45) is 1.05. The first-order valence-electron chi connectivity index (χ1n) is 5.82. The molecule has 0 aliphatic carbocycles. The highest BCUT2D eigenvalue weighted by Gasteiger charge is 2.29. The number of nitrogens with zero attached hydrogens (tertiary/aromatic N) is 1. The number of hydrogen-bond acceptors (Lipinski definition) is 2. The third kappa shape index (κ3) is 2.24. The van der Waals surface area contributed by atoms with E-state index < -0.39 is 0 Å². The fourth-order valence-electron chi connectivity index (χ4n) is 2.33. The lowest BCUT2D eigenvalue weighted by Gasteiger charge is -2.29. The smallest absolute Gasteiger partial charge is 0.0999 e. The van der Waals surface area contributed by atoms with Crippen LogP contribution in [-0.2, 0) is 4.74 Å². The molecule has 0 aromatic heterocycles. The molecular formula is C13H18ClNO. The molecule has 1 aromatic rings. The van der Waals surface area contributed by atoms with Crippen LogP contribution >= 0.6 is 11.6 Å². The van der Waals surface area contributed by atoms with Gasteiger partial charge in [-0.05, 0) is 25.0 Å². The molecule has 1 aromatic carbocycles. The highest BCUT2D eigenvalue weighted by atomic mass is 35.5. The summed E-state index contributed by atoms with van der Waals surface area (Å²) in [6.45, 7) is 5.93. The van der Waals surface area contributed by atoms with Crippen LogP contribution in [0.15, 0.2) is 24.3 Å². The van der Waals surface area contributed by atoms with E-state index in [1.807, 2.05) is 18.2 Å². The highest BCUT2D eigenvalue weighted by Crippen LogP contribution is 2.32. The molecule has 2 unspecified atom stereocenters. The van der Waals surface area contributed by atoms with Crippen molar-refractivity contribution in [3.63, 3.8) is 0 Å². The molecule has 1 aliphatic rings. The second kappa shape index (κ2) is 5.17. The van der Waals surface area contributed by atoms with Crippen molar-refractivity contribution in [1.29, 1.82) is 0 Å². The van der Waals surface area contributed by atoms with Crippen molar-refractivity contribution in [3.8, 4) is 0 Å². The van der Waals surface area contributed by atoms with Gasteiger partial charge >= 0.3 is 0 Å². The Kier molecular flexibility index (Phi) is 3.85. The zero-order valence-electron chi connectivity index (χ0n) is 9.82. The molecule has 16 heavy (non-hydrogen) atoms. The van der Waals surface area contributed by atoms with Gasteiger partial charge in [0.1, 0.15) is 0 Å². The van der Waals surface area contributed by atoms with E-state index in [9.17, 15) is 0 Å². The van der Waals surface area contributed by atoms with E-state index in [2.05, 4.69) is 24.8 Å². The maximum Gasteiger partial charge on any atom is 0.0999 e. The Labute approximate surface area is 102 Å². The van der Waals surface area contributed by atoms with E-state index in [0.29, 0.717) is 18.8 Å². The van der Waals surface area contributed by atoms with E-state index in [1.54, 1.807) is 0 Å². The maximum absolute atomic E-state index is 6.26. The Morgan fingerprint density at radius 1 is 1.50 bits per heavy atom. The minimum Gasteiger partial charge on any atom is -0.364 e. The fourth-order valence-corrected chi connectivity index (χ4v) is 2.59. The van der Waals surface area contributed by atoms with Crippen molar-refractivity contribution in [2.24, 2.45) is 0 Å². The van der Waals surface area contributed by atoms with Crippen LogP contribution in [0.25, 0.3) is 0 Å². The van der Waals surface area contributed by atoms with Crippen LogP contribution in [-0.4, -0.2) is 24.3 Å². The SMILES string of the molecule is CCC(c1ccccc1Cl)N1COCC1C. The minimum atomic E-state index is 0.367. The monoisotopic (exact) mass is 239 g/mol. The summed E-state index contributed by atoms with van der Waals surface area (Å²) >= 11 is 6.26. The van der Waals surface area contributed by atoms with Crippen molar-refractivity contribution in [2.45, 2.75) is 32.4 Å². The quantitative estimate of drug-likeness (QED) is 0.801. The number of benzene rings is 1. The molecule has 2 atom stereocenters. The van der Waals surface area contributed by atoms with Gasteiger partial charge in [-0.25, -0.2) is 0 Å². The van der Waals surface area contributed by atoms with Gasteiger partial charge in [-0.3, -0.25) is 4.90 Å². The Hall–Kier alpha value is -0.570. The summed E-state index contributed by atoms with van der Waals surface area (Å²) in [5.41, 5.74) is 1.21. The molecule has 2 nitrogen and oxygen atoms in total. The third-order valence-electron chi connectivity index (χ3n) is 3.22. The fraction of sp³-hybridized carbons (Fsp3) is 0.538. The molecule has 3 heteroatoms. The molecule has 0 radical (unpaired) electrons. The standard InChI is InChI=1S/C13H18ClNO/c1-3-13(15-9-16-8-10(15)2)11-6-4-5-7-12(11)14/h4-7,10,13H,3,8-9H2,1-2H3. The highest BCUT2D eigenvalue weighted by molar-refractivity contribution is 6.31. The lowest BCUT2D eigenvalue weighted by Crippen LogP contribution is -2.32. The maximum atomic E-state index is 6.26. The van der Waals surface area contributed by atoms with Gasteiger partial charge in [0.15, 0.2) is 0 Å². The van der Waals surface area contributed by atoms with Crippen molar-refractivity contribution < 1.29 is 4.74 Å². The lowest BCUT2D eigenvalue weighted by atomic mass is 10.0. The molecule has 2 rings (SSSR count). The zero-order valence-corrected chi connectivity index (χ0v) is 10.6. The Morgan fingerprint density at radius 2 is 2.25 bits per heavy atom. The van der Waals surface area contributed by atoms with Crippen LogP contribution in [0.2, 0.25) is 5.02 Å². The van der Waals surface area contributed by atoms with Crippen molar-refractivity contribution in [1.82, 2.24) is 4.90 Å². The number of hydrogen-bond donors (Lipinski definition) is 0. The van der Waals surface area contributed by atoms with Gasteiger partial charge < -0.3 is 4.74 Å². The number of halogens is 1. The van der Waals surface area contributed by atoms with Crippen LogP contribution in [0.4, 0.5) is 0 Å². The molecule has 0 saturated carbocycles. The molecular weight excluding hydrogens is 222 g/mol. The molecule has 1 heterocycles. The summed E-state index contributed by atoms with van der Waals surface area (Å²) in [4.78, 5) is 2.38. The van der Waals surface area contributed by atoms with Gasteiger partial charge in [0.05, 0.1) is 13.3 Å². The Morgan fingerprint density at radius 3 is 2.81 bits per heavy atom. The summed E-state index contributed by atoms with van der Waals surface area (Å²) in [6, 6.07) is 8.93. The second-order valence-electron chi connectivity index (χ2n) is 4.31. The largest absolute Gasteiger partial charge is 0.364 e. The van der Waals surface area contributed by atoms with E-state index in [4.69, 9.17) is 16.3 Å². The van der Waals surface area contributed by atoms with Gasteiger partial charge in [0.25, 0.3) is 0 Å². The lowest BCUT2D eigenvalue weighted by molar-refractivity contribution is 0.105. The van der Waals surface area contributed by atoms with Crippen LogP contribution < -0.4 is 0 Å². The molecule has 1 fully saturated rings. The summed E-state index contributed by atoms with van der Waals surface area (Å²) in [5, 5.41) is 0.855. The van der Waals surface area contributed by atoms with Crippen LogP contribution in [0.1, 0.15) is 31.9 Å². The summed E-state index contributed by atoms with van der Waals surface area (Å²) in [7, 11) is 0. The molecule has 1 saturated heterocycles. The Balaban J connectivity index is 2.25. The van der Waals surface area contributed by atoms with E-state index >= 15 is 0 Å². The zero-order chi connectivity index (χ0) is 11.5. The first kappa shape index (κ1) is 11.9. The number of ether oxygens (including phenoxy) is 1. The topological polar surface area (TPSA) is 12.5 Å². The van der Waals surface area contributed by atoms with Gasteiger partial charge in [0.2, 0.25) is 0 Å². The molecule has 88 valence electrons. The van der Waals surface area contributed by atoms with Crippen molar-refractivity contribution >= 4 is 11.6 Å². The molecule has 0 N–H and O–H groups in total. The summed E-state index contributed by atoms with van der Waals surface area (Å²) < 4.78 is 5.50. The van der Waals surface area contributed by atoms with Crippen molar-refractivity contribution in [3.05, 3.63) is 34.9 Å².